The molecule has 1 N–H and O–H groups in total. The van der Waals surface area contributed by atoms with Crippen LogP contribution in [-0.4, -0.2) is 43.1 Å². The van der Waals surface area contributed by atoms with Crippen molar-refractivity contribution in [1.82, 2.24) is 4.31 Å². The minimum Gasteiger partial charge on any atom is -0.377 e. The fourth-order valence-electron chi connectivity index (χ4n) is 3.83. The van der Waals surface area contributed by atoms with Gasteiger partial charge in [0.1, 0.15) is 5.02 Å². The molecule has 166 valence electrons. The first-order chi connectivity index (χ1) is 14.6. The number of hydrogen-bond donors (Lipinski definition) is 1. The summed E-state index contributed by atoms with van der Waals surface area (Å²) in [5.41, 5.74) is 0.344. The number of benzene rings is 2. The summed E-state index contributed by atoms with van der Waals surface area (Å²) in [5.74, 6) is 0.210. The van der Waals surface area contributed by atoms with Crippen LogP contribution in [0.1, 0.15) is 30.6 Å². The average molecular weight is 466 g/mol. The highest BCUT2D eigenvalue weighted by Crippen LogP contribution is 2.28. The van der Waals surface area contributed by atoms with Crippen LogP contribution in [-0.2, 0) is 10.0 Å². The Labute approximate surface area is 186 Å². The zero-order valence-corrected chi connectivity index (χ0v) is 18.8. The third-order valence-electron chi connectivity index (χ3n) is 5.23. The number of carbonyl (C=O) groups excluding carboxylic acids is 1. The maximum Gasteiger partial charge on any atom is 0.289 e. The van der Waals surface area contributed by atoms with Crippen LogP contribution in [0.5, 0.6) is 0 Å². The average Bonchev–Trinajstić information content (AvgIpc) is 2.72. The molecule has 0 saturated carbocycles. The highest BCUT2D eigenvalue weighted by Gasteiger charge is 2.32. The Balaban J connectivity index is 1.74. The summed E-state index contributed by atoms with van der Waals surface area (Å²) < 4.78 is 27.7. The number of Topliss-reactive ketones (excluding diaryl/α,β-unsaturated/α-hetero) is 1. The highest BCUT2D eigenvalue weighted by molar-refractivity contribution is 7.89. The van der Waals surface area contributed by atoms with Crippen molar-refractivity contribution in [2.45, 2.75) is 25.2 Å². The summed E-state index contributed by atoms with van der Waals surface area (Å²) in [6, 6.07) is 10.1. The van der Waals surface area contributed by atoms with Gasteiger partial charge in [-0.1, -0.05) is 37.6 Å². The summed E-state index contributed by atoms with van der Waals surface area (Å²) >= 11 is 5.79. The maximum atomic E-state index is 13.1. The Hall–Kier alpha value is -2.49. The number of nitrogens with zero attached hydrogens (tertiary/aromatic N) is 2. The molecule has 0 spiro atoms. The molecule has 1 heterocycles. The predicted octanol–water partition coefficient (Wildman–Crippen LogP) is 4.21. The van der Waals surface area contributed by atoms with Gasteiger partial charge in [0.15, 0.2) is 5.78 Å². The molecule has 3 rings (SSSR count). The fourth-order valence-corrected chi connectivity index (χ4v) is 5.74. The highest BCUT2D eigenvalue weighted by atomic mass is 35.5. The number of anilines is 1. The number of nitro benzene ring substituents is 1. The van der Waals surface area contributed by atoms with E-state index in [1.165, 1.54) is 34.6 Å². The van der Waals surface area contributed by atoms with Gasteiger partial charge in [0.2, 0.25) is 10.0 Å². The molecule has 2 aromatic rings. The molecule has 2 atom stereocenters. The van der Waals surface area contributed by atoms with Gasteiger partial charge in [-0.25, -0.2) is 8.42 Å². The Bertz CT molecular complexity index is 1100. The van der Waals surface area contributed by atoms with E-state index in [0.717, 1.165) is 6.42 Å². The minimum absolute atomic E-state index is 0.00105. The first kappa shape index (κ1) is 23.2. The molecule has 0 aromatic heterocycles. The van der Waals surface area contributed by atoms with Gasteiger partial charge in [-0.3, -0.25) is 14.9 Å². The van der Waals surface area contributed by atoms with Gasteiger partial charge in [0.05, 0.1) is 16.4 Å². The van der Waals surface area contributed by atoms with Crippen LogP contribution in [0, 0.1) is 22.0 Å². The number of nitro groups is 1. The first-order valence-corrected chi connectivity index (χ1v) is 11.7. The molecular formula is C21H24ClN3O5S. The van der Waals surface area contributed by atoms with Crippen LogP contribution in [0.4, 0.5) is 11.4 Å². The van der Waals surface area contributed by atoms with Crippen molar-refractivity contribution >= 4 is 38.8 Å². The van der Waals surface area contributed by atoms with Crippen LogP contribution >= 0.6 is 11.6 Å². The molecule has 1 aliphatic rings. The number of rotatable bonds is 7. The quantitative estimate of drug-likeness (QED) is 0.372. The fraction of sp³-hybridized carbons (Fsp3) is 0.381. The summed E-state index contributed by atoms with van der Waals surface area (Å²) in [6.45, 7) is 4.83. The number of sulfonamides is 1. The lowest BCUT2D eigenvalue weighted by Crippen LogP contribution is -2.42. The second-order valence-electron chi connectivity index (χ2n) is 8.00. The van der Waals surface area contributed by atoms with Crippen molar-refractivity contribution in [3.63, 3.8) is 0 Å². The molecule has 1 fully saturated rings. The number of carbonyl (C=O) groups is 1. The van der Waals surface area contributed by atoms with E-state index in [4.69, 9.17) is 11.6 Å². The zero-order valence-electron chi connectivity index (χ0n) is 17.2. The van der Waals surface area contributed by atoms with Crippen molar-refractivity contribution in [3.05, 3.63) is 63.2 Å². The summed E-state index contributed by atoms with van der Waals surface area (Å²) in [6.07, 6.45) is 0.985. The predicted molar refractivity (Wildman–Crippen MR) is 119 cm³/mol. The van der Waals surface area contributed by atoms with Crippen LogP contribution in [0.2, 0.25) is 5.02 Å². The first-order valence-electron chi connectivity index (χ1n) is 9.89. The molecule has 0 radical (unpaired) electrons. The Morgan fingerprint density at radius 1 is 1.19 bits per heavy atom. The van der Waals surface area contributed by atoms with Crippen LogP contribution in [0.25, 0.3) is 0 Å². The van der Waals surface area contributed by atoms with Crippen molar-refractivity contribution in [2.24, 2.45) is 11.8 Å². The van der Waals surface area contributed by atoms with Gasteiger partial charge in [0.25, 0.3) is 5.69 Å². The number of hydrogen-bond acceptors (Lipinski definition) is 6. The summed E-state index contributed by atoms with van der Waals surface area (Å²) in [4.78, 5) is 23.1. The van der Waals surface area contributed by atoms with Gasteiger partial charge in [-0.05, 0) is 42.5 Å². The maximum absolute atomic E-state index is 13.1. The van der Waals surface area contributed by atoms with E-state index in [2.05, 4.69) is 5.32 Å². The van der Waals surface area contributed by atoms with Crippen LogP contribution < -0.4 is 5.32 Å². The standard InChI is InChI=1S/C21H24ClN3O5S/c1-14-8-15(2)13-24(12-14)31(29,30)18-5-3-4-16(9-18)21(26)11-23-17-6-7-19(22)20(10-17)25(27)28/h3-7,9-10,14-15,23H,8,11-13H2,1-2H3. The number of halogens is 1. The second-order valence-corrected chi connectivity index (χ2v) is 10.3. The second kappa shape index (κ2) is 9.33. The SMILES string of the molecule is CC1CC(C)CN(S(=O)(=O)c2cccc(C(=O)CNc3ccc(Cl)c([N+](=O)[O-])c3)c2)C1. The van der Waals surface area contributed by atoms with Crippen molar-refractivity contribution in [3.8, 4) is 0 Å². The molecular weight excluding hydrogens is 442 g/mol. The van der Waals surface area contributed by atoms with E-state index in [9.17, 15) is 23.3 Å². The summed E-state index contributed by atoms with van der Waals surface area (Å²) in [7, 11) is -3.70. The lowest BCUT2D eigenvalue weighted by atomic mass is 9.94. The molecule has 2 unspecified atom stereocenters. The lowest BCUT2D eigenvalue weighted by molar-refractivity contribution is -0.384. The van der Waals surface area contributed by atoms with Crippen LogP contribution in [0.3, 0.4) is 0 Å². The van der Waals surface area contributed by atoms with E-state index >= 15 is 0 Å². The van der Waals surface area contributed by atoms with Gasteiger partial charge >= 0.3 is 0 Å². The molecule has 10 heteroatoms. The molecule has 8 nitrogen and oxygen atoms in total. The van der Waals surface area contributed by atoms with Gasteiger partial charge in [-0.15, -0.1) is 0 Å². The Kier molecular flexibility index (Phi) is 6.98. The van der Waals surface area contributed by atoms with E-state index < -0.39 is 14.9 Å². The zero-order chi connectivity index (χ0) is 22.8. The van der Waals surface area contributed by atoms with Gasteiger partial charge < -0.3 is 5.32 Å². The number of piperidine rings is 1. The van der Waals surface area contributed by atoms with Crippen molar-refractivity contribution in [2.75, 3.05) is 25.0 Å². The Morgan fingerprint density at radius 2 is 1.87 bits per heavy atom. The molecule has 31 heavy (non-hydrogen) atoms. The molecule has 0 amide bonds. The third kappa shape index (κ3) is 5.41. The molecule has 1 aliphatic heterocycles. The molecule has 0 bridgehead atoms. The van der Waals surface area contributed by atoms with Gasteiger partial charge in [-0.2, -0.15) is 4.31 Å². The molecule has 0 aliphatic carbocycles. The monoisotopic (exact) mass is 465 g/mol. The smallest absolute Gasteiger partial charge is 0.289 e. The van der Waals surface area contributed by atoms with Crippen molar-refractivity contribution in [1.29, 1.82) is 0 Å². The van der Waals surface area contributed by atoms with Gasteiger partial charge in [0, 0.05) is 30.4 Å². The topological polar surface area (TPSA) is 110 Å². The Morgan fingerprint density at radius 3 is 2.52 bits per heavy atom. The van der Waals surface area contributed by atoms with E-state index in [-0.39, 0.29) is 45.3 Å². The largest absolute Gasteiger partial charge is 0.377 e. The molecule has 2 aromatic carbocycles. The van der Waals surface area contributed by atoms with E-state index in [1.807, 2.05) is 13.8 Å². The minimum atomic E-state index is -3.70. The number of nitrogens with one attached hydrogen (secondary N) is 1. The lowest BCUT2D eigenvalue weighted by Gasteiger charge is -2.34. The van der Waals surface area contributed by atoms with E-state index in [1.54, 1.807) is 12.1 Å². The number of ketones is 1. The summed E-state index contributed by atoms with van der Waals surface area (Å²) in [5, 5.41) is 13.8. The third-order valence-corrected chi connectivity index (χ3v) is 7.37. The normalized spacial score (nSPS) is 19.7. The van der Waals surface area contributed by atoms with E-state index in [0.29, 0.717) is 18.8 Å². The van der Waals surface area contributed by atoms with Crippen LogP contribution in [0.15, 0.2) is 47.4 Å². The molecule has 1 saturated heterocycles. The van der Waals surface area contributed by atoms with Crippen molar-refractivity contribution < 1.29 is 18.1 Å².